The van der Waals surface area contributed by atoms with Crippen molar-refractivity contribution in [3.05, 3.63) is 64.7 Å². The van der Waals surface area contributed by atoms with Crippen molar-refractivity contribution in [3.63, 3.8) is 0 Å². The van der Waals surface area contributed by atoms with Crippen LogP contribution in [0.4, 0.5) is 5.69 Å². The smallest absolute Gasteiger partial charge is 0.240 e. The van der Waals surface area contributed by atoms with E-state index in [0.717, 1.165) is 11.1 Å². The van der Waals surface area contributed by atoms with Gasteiger partial charge >= 0.3 is 0 Å². The summed E-state index contributed by atoms with van der Waals surface area (Å²) in [6.07, 6.45) is 1.14. The number of hydrogen-bond acceptors (Lipinski definition) is 2. The van der Waals surface area contributed by atoms with E-state index in [1.807, 2.05) is 44.2 Å². The van der Waals surface area contributed by atoms with Crippen LogP contribution >= 0.6 is 11.6 Å². The molecule has 2 aromatic rings. The molecule has 0 radical (unpaired) electrons. The molecule has 1 aliphatic rings. The van der Waals surface area contributed by atoms with Crippen LogP contribution in [0.3, 0.4) is 0 Å². The predicted octanol–water partition coefficient (Wildman–Crippen LogP) is 4.24. The van der Waals surface area contributed by atoms with Gasteiger partial charge in [-0.25, -0.2) is 0 Å². The van der Waals surface area contributed by atoms with Crippen LogP contribution in [0.15, 0.2) is 48.5 Å². The van der Waals surface area contributed by atoms with Crippen LogP contribution in [0.1, 0.15) is 36.9 Å². The van der Waals surface area contributed by atoms with Crippen molar-refractivity contribution in [3.8, 4) is 0 Å². The summed E-state index contributed by atoms with van der Waals surface area (Å²) in [7, 11) is 0. The van der Waals surface area contributed by atoms with Gasteiger partial charge in [-0.1, -0.05) is 41.9 Å². The third-order valence-electron chi connectivity index (χ3n) is 4.70. The van der Waals surface area contributed by atoms with Gasteiger partial charge in [-0.15, -0.1) is 0 Å². The molecule has 1 aliphatic carbocycles. The quantitative estimate of drug-likeness (QED) is 0.787. The number of amides is 2. The molecule has 0 bridgehead atoms. The zero-order valence-electron chi connectivity index (χ0n) is 14.3. The summed E-state index contributed by atoms with van der Waals surface area (Å²) in [4.78, 5) is 25.4. The normalized spacial score (nSPS) is 16.0. The van der Waals surface area contributed by atoms with Gasteiger partial charge in [-0.3, -0.25) is 9.59 Å². The first-order valence-electron chi connectivity index (χ1n) is 8.36. The summed E-state index contributed by atoms with van der Waals surface area (Å²) in [5.41, 5.74) is 1.61. The number of hydrogen-bond donors (Lipinski definition) is 2. The average Bonchev–Trinajstić information content (AvgIpc) is 3.40. The molecule has 2 amide bonds. The van der Waals surface area contributed by atoms with E-state index < -0.39 is 5.41 Å². The molecule has 0 heterocycles. The van der Waals surface area contributed by atoms with E-state index in [9.17, 15) is 9.59 Å². The van der Waals surface area contributed by atoms with Crippen LogP contribution in [-0.2, 0) is 9.59 Å². The maximum Gasteiger partial charge on any atom is 0.240 e. The third-order valence-corrected chi connectivity index (χ3v) is 4.94. The van der Waals surface area contributed by atoms with Crippen molar-refractivity contribution in [1.82, 2.24) is 5.32 Å². The highest BCUT2D eigenvalue weighted by Gasteiger charge is 2.56. The fourth-order valence-electron chi connectivity index (χ4n) is 2.85. The summed E-state index contributed by atoms with van der Waals surface area (Å²) >= 11 is 5.94. The standard InChI is InChI=1S/C20H21ClN2O2/c1-13-12-16(21)8-9-17(13)23-19(25)20(10-11-20)18(24)22-14(2)15-6-4-3-5-7-15/h3-9,12,14H,10-11H2,1-2H3,(H,22,24)(H,23,25). The molecular formula is C20H21ClN2O2. The molecule has 1 fully saturated rings. The van der Waals surface area contributed by atoms with Crippen LogP contribution in [0, 0.1) is 12.3 Å². The minimum absolute atomic E-state index is 0.142. The number of benzene rings is 2. The van der Waals surface area contributed by atoms with Crippen molar-refractivity contribution in [1.29, 1.82) is 0 Å². The first kappa shape index (κ1) is 17.5. The van der Waals surface area contributed by atoms with E-state index in [0.29, 0.717) is 23.6 Å². The molecule has 130 valence electrons. The zero-order valence-corrected chi connectivity index (χ0v) is 15.1. The van der Waals surface area contributed by atoms with Gasteiger partial charge < -0.3 is 10.6 Å². The third kappa shape index (κ3) is 3.69. The highest BCUT2D eigenvalue weighted by molar-refractivity contribution is 6.30. The van der Waals surface area contributed by atoms with Crippen LogP contribution in [0.5, 0.6) is 0 Å². The summed E-state index contributed by atoms with van der Waals surface area (Å²) < 4.78 is 0. The van der Waals surface area contributed by atoms with Crippen molar-refractivity contribution in [2.75, 3.05) is 5.32 Å². The molecule has 0 aliphatic heterocycles. The van der Waals surface area contributed by atoms with Crippen LogP contribution in [0.25, 0.3) is 0 Å². The molecule has 0 aromatic heterocycles. The molecular weight excluding hydrogens is 336 g/mol. The van der Waals surface area contributed by atoms with Gasteiger partial charge in [0.1, 0.15) is 5.41 Å². The minimum atomic E-state index is -0.963. The summed E-state index contributed by atoms with van der Waals surface area (Å²) in [5, 5.41) is 6.46. The molecule has 25 heavy (non-hydrogen) atoms. The number of halogens is 1. The molecule has 3 rings (SSSR count). The molecule has 0 saturated heterocycles. The maximum atomic E-state index is 12.7. The van der Waals surface area contributed by atoms with Gasteiger partial charge in [0.25, 0.3) is 0 Å². The van der Waals surface area contributed by atoms with Gasteiger partial charge in [-0.05, 0) is 56.0 Å². The second-order valence-electron chi connectivity index (χ2n) is 6.60. The molecule has 0 spiro atoms. The van der Waals surface area contributed by atoms with Crippen molar-refractivity contribution < 1.29 is 9.59 Å². The lowest BCUT2D eigenvalue weighted by Crippen LogP contribution is -2.41. The van der Waals surface area contributed by atoms with Gasteiger partial charge in [0, 0.05) is 10.7 Å². The van der Waals surface area contributed by atoms with Crippen molar-refractivity contribution in [2.45, 2.75) is 32.7 Å². The number of aryl methyl sites for hydroxylation is 1. The highest BCUT2D eigenvalue weighted by atomic mass is 35.5. The van der Waals surface area contributed by atoms with E-state index >= 15 is 0 Å². The second-order valence-corrected chi connectivity index (χ2v) is 7.04. The van der Waals surface area contributed by atoms with Crippen molar-refractivity contribution in [2.24, 2.45) is 5.41 Å². The number of carbonyl (C=O) groups is 2. The highest BCUT2D eigenvalue weighted by Crippen LogP contribution is 2.47. The number of nitrogens with one attached hydrogen (secondary N) is 2. The van der Waals surface area contributed by atoms with E-state index in [1.54, 1.807) is 18.2 Å². The monoisotopic (exact) mass is 356 g/mol. The fraction of sp³-hybridized carbons (Fsp3) is 0.300. The van der Waals surface area contributed by atoms with Crippen LogP contribution in [-0.4, -0.2) is 11.8 Å². The maximum absolute atomic E-state index is 12.7. The van der Waals surface area contributed by atoms with Gasteiger partial charge in [0.2, 0.25) is 11.8 Å². The topological polar surface area (TPSA) is 58.2 Å². The molecule has 1 unspecified atom stereocenters. The first-order valence-corrected chi connectivity index (χ1v) is 8.74. The van der Waals surface area contributed by atoms with Gasteiger partial charge in [0.05, 0.1) is 6.04 Å². The summed E-state index contributed by atoms with van der Waals surface area (Å²) in [6, 6.07) is 14.8. The fourth-order valence-corrected chi connectivity index (χ4v) is 3.08. The lowest BCUT2D eigenvalue weighted by Gasteiger charge is -2.20. The van der Waals surface area contributed by atoms with E-state index in [1.165, 1.54) is 0 Å². The Morgan fingerprint density at radius 3 is 2.36 bits per heavy atom. The molecule has 4 nitrogen and oxygen atoms in total. The Kier molecular flexibility index (Phi) is 4.82. The minimum Gasteiger partial charge on any atom is -0.349 e. The first-order chi connectivity index (χ1) is 11.9. The van der Waals surface area contributed by atoms with E-state index in [2.05, 4.69) is 10.6 Å². The zero-order chi connectivity index (χ0) is 18.0. The summed E-state index contributed by atoms with van der Waals surface area (Å²) in [6.45, 7) is 3.79. The Morgan fingerprint density at radius 2 is 1.76 bits per heavy atom. The second kappa shape index (κ2) is 6.89. The Hall–Kier alpha value is -2.33. The molecule has 5 heteroatoms. The lowest BCUT2D eigenvalue weighted by atomic mass is 10.0. The molecule has 2 N–H and O–H groups in total. The van der Waals surface area contributed by atoms with Crippen molar-refractivity contribution >= 4 is 29.1 Å². The number of carbonyl (C=O) groups excluding carboxylic acids is 2. The number of rotatable bonds is 5. The Morgan fingerprint density at radius 1 is 1.08 bits per heavy atom. The van der Waals surface area contributed by atoms with Crippen LogP contribution in [0.2, 0.25) is 5.02 Å². The number of anilines is 1. The lowest BCUT2D eigenvalue weighted by molar-refractivity contribution is -0.134. The Labute approximate surface area is 152 Å². The summed E-state index contributed by atoms with van der Waals surface area (Å²) in [5.74, 6) is -0.469. The Balaban J connectivity index is 1.68. The van der Waals surface area contributed by atoms with Crippen LogP contribution < -0.4 is 10.6 Å². The van der Waals surface area contributed by atoms with Gasteiger partial charge in [-0.2, -0.15) is 0 Å². The Bertz CT molecular complexity index is 801. The molecule has 1 atom stereocenters. The molecule has 2 aromatic carbocycles. The predicted molar refractivity (Wildman–Crippen MR) is 99.5 cm³/mol. The van der Waals surface area contributed by atoms with E-state index in [4.69, 9.17) is 11.6 Å². The largest absolute Gasteiger partial charge is 0.349 e. The average molecular weight is 357 g/mol. The molecule has 1 saturated carbocycles. The SMILES string of the molecule is Cc1cc(Cl)ccc1NC(=O)C1(C(=O)NC(C)c2ccccc2)CC1. The van der Waals surface area contributed by atoms with Gasteiger partial charge in [0.15, 0.2) is 0 Å². The van der Waals surface area contributed by atoms with E-state index in [-0.39, 0.29) is 17.9 Å².